The van der Waals surface area contributed by atoms with E-state index in [1.54, 1.807) is 31.0 Å². The van der Waals surface area contributed by atoms with Crippen LogP contribution >= 0.6 is 0 Å². The molecule has 2 aromatic heterocycles. The molecule has 19 heavy (non-hydrogen) atoms. The average molecular weight is 264 g/mol. The number of carbonyl (C=O) groups excluding carboxylic acids is 1. The third kappa shape index (κ3) is 2.59. The molecule has 7 nitrogen and oxygen atoms in total. The third-order valence-corrected chi connectivity index (χ3v) is 3.09. The van der Waals surface area contributed by atoms with Crippen LogP contribution in [0.15, 0.2) is 17.2 Å². The zero-order valence-corrected chi connectivity index (χ0v) is 11.1. The van der Waals surface area contributed by atoms with Crippen LogP contribution in [0.1, 0.15) is 29.2 Å². The number of H-pyrrole nitrogens is 2. The van der Waals surface area contributed by atoms with Crippen molar-refractivity contribution < 1.29 is 9.53 Å². The lowest BCUT2D eigenvalue weighted by atomic mass is 9.91. The zero-order chi connectivity index (χ0) is 14.0. The van der Waals surface area contributed by atoms with E-state index in [0.29, 0.717) is 11.3 Å². The monoisotopic (exact) mass is 264 g/mol. The molecule has 0 fully saturated rings. The van der Waals surface area contributed by atoms with Gasteiger partial charge in [0.05, 0.1) is 19.7 Å². The summed E-state index contributed by atoms with van der Waals surface area (Å²) in [6.45, 7) is 1.79. The molecule has 2 rings (SSSR count). The third-order valence-electron chi connectivity index (χ3n) is 3.09. The van der Waals surface area contributed by atoms with Gasteiger partial charge in [-0.15, -0.1) is 0 Å². The van der Waals surface area contributed by atoms with Gasteiger partial charge in [-0.1, -0.05) is 0 Å². The second-order valence-corrected chi connectivity index (χ2v) is 4.40. The van der Waals surface area contributed by atoms with E-state index in [4.69, 9.17) is 4.74 Å². The van der Waals surface area contributed by atoms with Crippen molar-refractivity contribution in [1.29, 1.82) is 0 Å². The van der Waals surface area contributed by atoms with Crippen molar-refractivity contribution in [3.05, 3.63) is 39.6 Å². The van der Waals surface area contributed by atoms with Crippen LogP contribution in [0.25, 0.3) is 0 Å². The Hall–Kier alpha value is -2.31. The minimum atomic E-state index is -0.367. The van der Waals surface area contributed by atoms with Gasteiger partial charge < -0.3 is 9.84 Å². The average Bonchev–Trinajstić information content (AvgIpc) is 2.94. The summed E-state index contributed by atoms with van der Waals surface area (Å²) in [5, 5.41) is 9.38. The van der Waals surface area contributed by atoms with E-state index >= 15 is 0 Å². The van der Waals surface area contributed by atoms with Crippen molar-refractivity contribution in [1.82, 2.24) is 20.0 Å². The van der Waals surface area contributed by atoms with Crippen molar-refractivity contribution in [2.75, 3.05) is 7.11 Å². The topological polar surface area (TPSA) is 92.8 Å². The van der Waals surface area contributed by atoms with Crippen LogP contribution in [-0.4, -0.2) is 33.1 Å². The zero-order valence-electron chi connectivity index (χ0n) is 11.1. The van der Waals surface area contributed by atoms with Crippen LogP contribution in [0.2, 0.25) is 0 Å². The Bertz CT molecular complexity index is 637. The molecule has 0 bridgehead atoms. The molecule has 0 amide bonds. The summed E-state index contributed by atoms with van der Waals surface area (Å²) in [5.74, 6) is -0.731. The highest BCUT2D eigenvalue weighted by Gasteiger charge is 2.25. The fourth-order valence-corrected chi connectivity index (χ4v) is 2.13. The van der Waals surface area contributed by atoms with Crippen LogP contribution < -0.4 is 5.56 Å². The van der Waals surface area contributed by atoms with Crippen LogP contribution in [-0.2, 0) is 16.6 Å². The molecule has 7 heteroatoms. The van der Waals surface area contributed by atoms with Gasteiger partial charge in [-0.05, 0) is 12.5 Å². The molecular formula is C12H16N4O3. The number of aryl methyl sites for hydroxylation is 2. The first-order valence-corrected chi connectivity index (χ1v) is 5.85. The summed E-state index contributed by atoms with van der Waals surface area (Å²) in [6, 6.07) is 0. The molecule has 0 aliphatic carbocycles. The maximum Gasteiger partial charge on any atom is 0.306 e. The number of hydrogen-bond donors (Lipinski definition) is 2. The molecule has 0 aliphatic rings. The Kier molecular flexibility index (Phi) is 3.55. The van der Waals surface area contributed by atoms with Gasteiger partial charge in [0.2, 0.25) is 0 Å². The van der Waals surface area contributed by atoms with Crippen molar-refractivity contribution >= 4 is 5.97 Å². The van der Waals surface area contributed by atoms with Crippen LogP contribution in [0.4, 0.5) is 0 Å². The molecule has 2 N–H and O–H groups in total. The highest BCUT2D eigenvalue weighted by atomic mass is 16.5. The first-order valence-electron chi connectivity index (χ1n) is 5.85. The normalized spacial score (nSPS) is 12.4. The largest absolute Gasteiger partial charge is 0.469 e. The van der Waals surface area contributed by atoms with Crippen molar-refractivity contribution in [3.8, 4) is 0 Å². The summed E-state index contributed by atoms with van der Waals surface area (Å²) in [5.41, 5.74) is 1.83. The molecule has 102 valence electrons. The molecule has 2 heterocycles. The van der Waals surface area contributed by atoms with Crippen LogP contribution in [0.5, 0.6) is 0 Å². The minimum absolute atomic E-state index is 0.101. The lowest BCUT2D eigenvalue weighted by Gasteiger charge is -2.12. The van der Waals surface area contributed by atoms with E-state index in [2.05, 4.69) is 15.3 Å². The maximum atomic E-state index is 11.9. The molecule has 0 saturated carbocycles. The van der Waals surface area contributed by atoms with Gasteiger partial charge in [0, 0.05) is 30.4 Å². The Morgan fingerprint density at radius 1 is 1.53 bits per heavy atom. The molecule has 0 aromatic carbocycles. The summed E-state index contributed by atoms with van der Waals surface area (Å²) in [7, 11) is 3.11. The summed E-state index contributed by atoms with van der Waals surface area (Å²) in [6.07, 6.45) is 3.54. The second kappa shape index (κ2) is 5.13. The van der Waals surface area contributed by atoms with E-state index in [1.807, 2.05) is 0 Å². The number of carbonyl (C=O) groups is 1. The second-order valence-electron chi connectivity index (χ2n) is 4.40. The van der Waals surface area contributed by atoms with Gasteiger partial charge >= 0.3 is 5.97 Å². The fraction of sp³-hybridized carbons (Fsp3) is 0.417. The van der Waals surface area contributed by atoms with Crippen LogP contribution in [0, 0.1) is 6.92 Å². The van der Waals surface area contributed by atoms with Gasteiger partial charge in [-0.2, -0.15) is 5.10 Å². The Morgan fingerprint density at radius 2 is 2.26 bits per heavy atom. The lowest BCUT2D eigenvalue weighted by Crippen LogP contribution is -2.17. The molecular weight excluding hydrogens is 248 g/mol. The van der Waals surface area contributed by atoms with E-state index in [0.717, 1.165) is 5.56 Å². The summed E-state index contributed by atoms with van der Waals surface area (Å²) < 4.78 is 6.33. The SMILES string of the molecule is COC(=O)C[C@@H](c1cnn(C)c1)c1c(C)[nH][nH]c1=O. The Balaban J connectivity index is 2.46. The maximum absolute atomic E-state index is 11.9. The summed E-state index contributed by atoms with van der Waals surface area (Å²) >= 11 is 0. The number of aromatic amines is 2. The summed E-state index contributed by atoms with van der Waals surface area (Å²) in [4.78, 5) is 23.4. The Morgan fingerprint density at radius 3 is 2.74 bits per heavy atom. The van der Waals surface area contributed by atoms with Crippen molar-refractivity contribution in [2.45, 2.75) is 19.3 Å². The van der Waals surface area contributed by atoms with Crippen LogP contribution in [0.3, 0.4) is 0 Å². The number of methoxy groups -OCH3 is 1. The van der Waals surface area contributed by atoms with Gasteiger partial charge in [0.15, 0.2) is 0 Å². The number of nitrogens with zero attached hydrogens (tertiary/aromatic N) is 2. The lowest BCUT2D eigenvalue weighted by molar-refractivity contribution is -0.140. The van der Waals surface area contributed by atoms with Crippen molar-refractivity contribution in [3.63, 3.8) is 0 Å². The van der Waals surface area contributed by atoms with E-state index in [1.165, 1.54) is 7.11 Å². The highest BCUT2D eigenvalue weighted by Crippen LogP contribution is 2.27. The predicted octanol–water partition coefficient (Wildman–Crippen LogP) is 0.440. The smallest absolute Gasteiger partial charge is 0.306 e. The number of ether oxygens (including phenoxy) is 1. The number of aromatic nitrogens is 4. The molecule has 0 radical (unpaired) electrons. The number of hydrogen-bond acceptors (Lipinski definition) is 4. The first kappa shape index (κ1) is 13.1. The van der Waals surface area contributed by atoms with Gasteiger partial charge in [-0.25, -0.2) is 0 Å². The van der Waals surface area contributed by atoms with Gasteiger partial charge in [0.1, 0.15) is 0 Å². The highest BCUT2D eigenvalue weighted by molar-refractivity contribution is 5.71. The van der Waals surface area contributed by atoms with Gasteiger partial charge in [-0.3, -0.25) is 19.4 Å². The number of rotatable bonds is 4. The molecule has 2 aromatic rings. The minimum Gasteiger partial charge on any atom is -0.469 e. The molecule has 0 spiro atoms. The standard InChI is InChI=1S/C12H16N4O3/c1-7-11(12(18)15-14-7)9(4-10(17)19-3)8-5-13-16(2)6-8/h5-6,9H,4H2,1-3H3,(H2,14,15,18)/t9-/m0/s1. The number of nitrogens with one attached hydrogen (secondary N) is 2. The van der Waals surface area contributed by atoms with E-state index in [-0.39, 0.29) is 23.9 Å². The van der Waals surface area contributed by atoms with Crippen molar-refractivity contribution in [2.24, 2.45) is 7.05 Å². The van der Waals surface area contributed by atoms with E-state index < -0.39 is 0 Å². The molecule has 1 atom stereocenters. The molecule has 0 saturated heterocycles. The fourth-order valence-electron chi connectivity index (χ4n) is 2.13. The molecule has 0 unspecified atom stereocenters. The quantitative estimate of drug-likeness (QED) is 0.784. The first-order chi connectivity index (χ1) is 9.02. The molecule has 0 aliphatic heterocycles. The van der Waals surface area contributed by atoms with Gasteiger partial charge in [0.25, 0.3) is 5.56 Å². The Labute approximate surface area is 109 Å². The number of esters is 1. The van der Waals surface area contributed by atoms with E-state index in [9.17, 15) is 9.59 Å². The predicted molar refractivity (Wildman–Crippen MR) is 67.8 cm³/mol.